The molecule has 0 rings (SSSR count). The lowest BCUT2D eigenvalue weighted by Crippen LogP contribution is -2.40. The maximum absolute atomic E-state index is 11.5. The van der Waals surface area contributed by atoms with E-state index >= 15 is 0 Å². The largest absolute Gasteiger partial charge is 0.352 e. The Morgan fingerprint density at radius 2 is 1.94 bits per heavy atom. The fraction of sp³-hybridized carbons (Fsp3) is 0.917. The number of unbranched alkanes of at least 4 members (excludes halogenated alkanes) is 1. The van der Waals surface area contributed by atoms with Gasteiger partial charge in [0.15, 0.2) is 0 Å². The van der Waals surface area contributed by atoms with Crippen LogP contribution < -0.4 is 10.6 Å². The Kier molecular flexibility index (Phi) is 11.1. The van der Waals surface area contributed by atoms with Crippen molar-refractivity contribution in [2.45, 2.75) is 45.6 Å². The highest BCUT2D eigenvalue weighted by atomic mass is 32.2. The summed E-state index contributed by atoms with van der Waals surface area (Å²) in [5.74, 6) is 1.33. The van der Waals surface area contributed by atoms with E-state index < -0.39 is 0 Å². The zero-order chi connectivity index (χ0) is 12.2. The maximum Gasteiger partial charge on any atom is 0.234 e. The van der Waals surface area contributed by atoms with E-state index in [-0.39, 0.29) is 5.91 Å². The summed E-state index contributed by atoms with van der Waals surface area (Å²) < 4.78 is 0. The van der Waals surface area contributed by atoms with Crippen LogP contribution in [0.1, 0.15) is 39.5 Å². The molecule has 0 aromatic heterocycles. The van der Waals surface area contributed by atoms with Crippen LogP contribution in [0.25, 0.3) is 0 Å². The smallest absolute Gasteiger partial charge is 0.234 e. The fourth-order valence-corrected chi connectivity index (χ4v) is 1.96. The van der Waals surface area contributed by atoms with E-state index in [0.717, 1.165) is 25.8 Å². The van der Waals surface area contributed by atoms with Gasteiger partial charge < -0.3 is 10.6 Å². The molecule has 0 spiro atoms. The Bertz CT molecular complexity index is 172. The van der Waals surface area contributed by atoms with Gasteiger partial charge in [0, 0.05) is 6.04 Å². The summed E-state index contributed by atoms with van der Waals surface area (Å²) in [6, 6.07) is 0.339. The topological polar surface area (TPSA) is 41.1 Å². The minimum absolute atomic E-state index is 0.124. The van der Waals surface area contributed by atoms with Gasteiger partial charge in [0.1, 0.15) is 0 Å². The number of amides is 1. The van der Waals surface area contributed by atoms with Crippen LogP contribution in [0.15, 0.2) is 0 Å². The Balaban J connectivity index is 3.36. The van der Waals surface area contributed by atoms with Crippen molar-refractivity contribution in [3.63, 3.8) is 0 Å². The number of rotatable bonds is 10. The van der Waals surface area contributed by atoms with Crippen LogP contribution in [0, 0.1) is 0 Å². The van der Waals surface area contributed by atoms with Gasteiger partial charge in [-0.25, -0.2) is 0 Å². The van der Waals surface area contributed by atoms with Crippen molar-refractivity contribution in [1.82, 2.24) is 10.6 Å². The molecule has 0 heterocycles. The Hall–Kier alpha value is -0.220. The van der Waals surface area contributed by atoms with Crippen LogP contribution in [0.3, 0.4) is 0 Å². The zero-order valence-electron chi connectivity index (χ0n) is 10.8. The minimum Gasteiger partial charge on any atom is -0.352 e. The average molecular weight is 246 g/mol. The molecule has 96 valence electrons. The molecule has 4 heteroatoms. The molecule has 0 radical (unpaired) electrons. The lowest BCUT2D eigenvalue weighted by molar-refractivity contribution is -0.121. The summed E-state index contributed by atoms with van der Waals surface area (Å²) >= 11 is 1.87. The standard InChI is InChI=1S/C12H26N2OS/c1-4-11(5-2)14-12(15)10-13-8-6-7-9-16-3/h11,13H,4-10H2,1-3H3,(H,14,15). The van der Waals surface area contributed by atoms with Crippen LogP contribution >= 0.6 is 11.8 Å². The number of hydrogen-bond acceptors (Lipinski definition) is 3. The molecular weight excluding hydrogens is 220 g/mol. The maximum atomic E-state index is 11.5. The molecule has 0 aromatic rings. The lowest BCUT2D eigenvalue weighted by Gasteiger charge is -2.14. The van der Waals surface area contributed by atoms with E-state index in [1.807, 2.05) is 11.8 Å². The minimum atomic E-state index is 0.124. The van der Waals surface area contributed by atoms with Gasteiger partial charge >= 0.3 is 0 Å². The van der Waals surface area contributed by atoms with Gasteiger partial charge in [0.25, 0.3) is 0 Å². The van der Waals surface area contributed by atoms with Crippen molar-refractivity contribution < 1.29 is 4.79 Å². The molecule has 0 aliphatic rings. The van der Waals surface area contributed by atoms with Crippen molar-refractivity contribution in [3.05, 3.63) is 0 Å². The molecule has 0 aliphatic carbocycles. The zero-order valence-corrected chi connectivity index (χ0v) is 11.7. The van der Waals surface area contributed by atoms with Crippen LogP contribution in [0.5, 0.6) is 0 Å². The molecule has 0 bridgehead atoms. The molecule has 0 saturated carbocycles. The number of nitrogens with one attached hydrogen (secondary N) is 2. The second kappa shape index (κ2) is 11.3. The molecule has 16 heavy (non-hydrogen) atoms. The third-order valence-corrected chi connectivity index (χ3v) is 3.29. The highest BCUT2D eigenvalue weighted by Gasteiger charge is 2.06. The number of thioether (sulfide) groups is 1. The van der Waals surface area contributed by atoms with Gasteiger partial charge in [0.2, 0.25) is 5.91 Å². The molecular formula is C12H26N2OS. The van der Waals surface area contributed by atoms with E-state index in [0.29, 0.717) is 12.6 Å². The predicted octanol–water partition coefficient (Wildman–Crippen LogP) is 2.02. The molecule has 3 nitrogen and oxygen atoms in total. The van der Waals surface area contributed by atoms with E-state index in [1.165, 1.54) is 12.2 Å². The third kappa shape index (κ3) is 9.04. The molecule has 0 aromatic carbocycles. The van der Waals surface area contributed by atoms with E-state index in [2.05, 4.69) is 30.7 Å². The molecule has 0 saturated heterocycles. The summed E-state index contributed by atoms with van der Waals surface area (Å²) in [6.07, 6.45) is 6.52. The summed E-state index contributed by atoms with van der Waals surface area (Å²) in [6.45, 7) is 5.60. The fourth-order valence-electron chi connectivity index (χ4n) is 1.47. The van der Waals surface area contributed by atoms with Crippen LogP contribution in [0.4, 0.5) is 0 Å². The number of hydrogen-bond donors (Lipinski definition) is 2. The van der Waals surface area contributed by atoms with Crippen LogP contribution in [-0.2, 0) is 4.79 Å². The van der Waals surface area contributed by atoms with Crippen molar-refractivity contribution in [1.29, 1.82) is 0 Å². The van der Waals surface area contributed by atoms with Gasteiger partial charge in [-0.05, 0) is 44.2 Å². The van der Waals surface area contributed by atoms with E-state index in [4.69, 9.17) is 0 Å². The monoisotopic (exact) mass is 246 g/mol. The molecule has 0 fully saturated rings. The third-order valence-electron chi connectivity index (χ3n) is 2.59. The highest BCUT2D eigenvalue weighted by Crippen LogP contribution is 1.98. The van der Waals surface area contributed by atoms with Gasteiger partial charge in [-0.3, -0.25) is 4.79 Å². The van der Waals surface area contributed by atoms with Crippen LogP contribution in [0.2, 0.25) is 0 Å². The molecule has 2 N–H and O–H groups in total. The van der Waals surface area contributed by atoms with Crippen molar-refractivity contribution >= 4 is 17.7 Å². The quantitative estimate of drug-likeness (QED) is 0.580. The average Bonchev–Trinajstić information content (AvgIpc) is 2.30. The molecule has 0 atom stereocenters. The van der Waals surface area contributed by atoms with Crippen molar-refractivity contribution in [2.24, 2.45) is 0 Å². The molecule has 0 aliphatic heterocycles. The number of carbonyl (C=O) groups is 1. The van der Waals surface area contributed by atoms with Crippen LogP contribution in [-0.4, -0.2) is 37.0 Å². The van der Waals surface area contributed by atoms with Gasteiger partial charge in [0.05, 0.1) is 6.54 Å². The van der Waals surface area contributed by atoms with Crippen molar-refractivity contribution in [2.75, 3.05) is 25.1 Å². The number of carbonyl (C=O) groups excluding carboxylic acids is 1. The van der Waals surface area contributed by atoms with E-state index in [9.17, 15) is 4.79 Å². The first-order chi connectivity index (χ1) is 7.74. The summed E-state index contributed by atoms with van der Waals surface area (Å²) in [7, 11) is 0. The lowest BCUT2D eigenvalue weighted by atomic mass is 10.2. The first-order valence-electron chi connectivity index (χ1n) is 6.23. The SMILES string of the molecule is CCC(CC)NC(=O)CNCCCCSC. The summed E-state index contributed by atoms with van der Waals surface area (Å²) in [5.41, 5.74) is 0. The van der Waals surface area contributed by atoms with Gasteiger partial charge in [-0.1, -0.05) is 13.8 Å². The predicted molar refractivity (Wildman–Crippen MR) is 73.0 cm³/mol. The molecule has 1 amide bonds. The Morgan fingerprint density at radius 1 is 1.25 bits per heavy atom. The Labute approximate surface area is 104 Å². The van der Waals surface area contributed by atoms with Gasteiger partial charge in [-0.2, -0.15) is 11.8 Å². The van der Waals surface area contributed by atoms with Gasteiger partial charge in [-0.15, -0.1) is 0 Å². The first-order valence-corrected chi connectivity index (χ1v) is 7.62. The highest BCUT2D eigenvalue weighted by molar-refractivity contribution is 7.98. The van der Waals surface area contributed by atoms with Crippen molar-refractivity contribution in [3.8, 4) is 0 Å². The normalized spacial score (nSPS) is 10.8. The first kappa shape index (κ1) is 15.8. The van der Waals surface area contributed by atoms with E-state index in [1.54, 1.807) is 0 Å². The second-order valence-corrected chi connectivity index (χ2v) is 4.94. The molecule has 0 unspecified atom stereocenters. The Morgan fingerprint density at radius 3 is 2.50 bits per heavy atom. The second-order valence-electron chi connectivity index (χ2n) is 3.96. The summed E-state index contributed by atoms with van der Waals surface area (Å²) in [4.78, 5) is 11.5. The summed E-state index contributed by atoms with van der Waals surface area (Å²) in [5, 5.41) is 6.19.